The van der Waals surface area contributed by atoms with Crippen LogP contribution in [0.15, 0.2) is 65.3 Å². The number of allylic oxidation sites excluding steroid dienone is 6. The van der Waals surface area contributed by atoms with E-state index in [0.717, 1.165) is 12.8 Å². The van der Waals surface area contributed by atoms with Crippen molar-refractivity contribution in [2.24, 2.45) is 0 Å². The number of aryl methyl sites for hydroxylation is 1. The van der Waals surface area contributed by atoms with Crippen LogP contribution >= 0.6 is 0 Å². The maximum Gasteiger partial charge on any atom is -0.00167 e. The highest BCUT2D eigenvalue weighted by Gasteiger charge is 2.23. The Morgan fingerprint density at radius 2 is 1.78 bits per heavy atom. The predicted octanol–water partition coefficient (Wildman–Crippen LogP) is 4.98. The molecule has 2 aliphatic rings. The average molecular weight is 234 g/mol. The highest BCUT2D eigenvalue weighted by molar-refractivity contribution is 5.72. The molecule has 0 N–H and O–H groups in total. The summed E-state index contributed by atoms with van der Waals surface area (Å²) in [7, 11) is 0. The summed E-state index contributed by atoms with van der Waals surface area (Å²) in [5.74, 6) is 0. The van der Waals surface area contributed by atoms with Gasteiger partial charge < -0.3 is 0 Å². The van der Waals surface area contributed by atoms with Gasteiger partial charge in [-0.1, -0.05) is 54.6 Å². The van der Waals surface area contributed by atoms with Crippen LogP contribution in [-0.2, 0) is 0 Å². The van der Waals surface area contributed by atoms with Crippen LogP contribution in [-0.4, -0.2) is 0 Å². The van der Waals surface area contributed by atoms with Gasteiger partial charge >= 0.3 is 0 Å². The van der Waals surface area contributed by atoms with Crippen LogP contribution < -0.4 is 0 Å². The molecule has 1 fully saturated rings. The van der Waals surface area contributed by atoms with Crippen molar-refractivity contribution in [1.29, 1.82) is 0 Å². The minimum absolute atomic E-state index is 1.05. The topological polar surface area (TPSA) is 0 Å². The molecule has 0 bridgehead atoms. The first-order valence-electron chi connectivity index (χ1n) is 6.60. The van der Waals surface area contributed by atoms with E-state index in [1.807, 2.05) is 0 Å². The molecule has 0 amide bonds. The van der Waals surface area contributed by atoms with Crippen LogP contribution in [0.1, 0.15) is 30.4 Å². The van der Waals surface area contributed by atoms with Crippen LogP contribution in [0.25, 0.3) is 6.08 Å². The molecule has 1 aromatic carbocycles. The van der Waals surface area contributed by atoms with Gasteiger partial charge in [-0.05, 0) is 54.0 Å². The molecule has 0 atom stereocenters. The maximum absolute atomic E-state index is 4.26. The van der Waals surface area contributed by atoms with E-state index in [0.29, 0.717) is 0 Å². The summed E-state index contributed by atoms with van der Waals surface area (Å²) < 4.78 is 0. The molecule has 0 heteroatoms. The quantitative estimate of drug-likeness (QED) is 0.642. The fourth-order valence-corrected chi connectivity index (χ4v) is 2.70. The van der Waals surface area contributed by atoms with E-state index in [4.69, 9.17) is 0 Å². The first kappa shape index (κ1) is 11.3. The molecule has 0 saturated heterocycles. The minimum Gasteiger partial charge on any atom is -0.0909 e. The zero-order chi connectivity index (χ0) is 12.5. The molecular weight excluding hydrogens is 216 g/mol. The molecular formula is C18H18. The maximum atomic E-state index is 4.26. The van der Waals surface area contributed by atoms with Crippen molar-refractivity contribution in [3.8, 4) is 0 Å². The minimum atomic E-state index is 1.05. The lowest BCUT2D eigenvalue weighted by Gasteiger charge is -2.06. The highest BCUT2D eigenvalue weighted by atomic mass is 14.3. The molecule has 0 radical (unpaired) electrons. The summed E-state index contributed by atoms with van der Waals surface area (Å²) in [5, 5.41) is 0. The molecule has 0 heterocycles. The van der Waals surface area contributed by atoms with E-state index < -0.39 is 0 Å². The lowest BCUT2D eigenvalue weighted by molar-refractivity contribution is 0.998. The molecule has 0 aromatic heterocycles. The summed E-state index contributed by atoms with van der Waals surface area (Å²) in [6, 6.07) is 8.69. The van der Waals surface area contributed by atoms with Gasteiger partial charge in [0.05, 0.1) is 0 Å². The fourth-order valence-electron chi connectivity index (χ4n) is 2.70. The zero-order valence-electron chi connectivity index (χ0n) is 10.9. The molecule has 0 aliphatic heterocycles. The Morgan fingerprint density at radius 1 is 1.06 bits per heavy atom. The summed E-state index contributed by atoms with van der Waals surface area (Å²) in [6.07, 6.45) is 10.4. The van der Waals surface area contributed by atoms with Crippen LogP contribution in [0.3, 0.4) is 0 Å². The fraction of sp³-hybridized carbons (Fsp3) is 0.222. The lowest BCUT2D eigenvalue weighted by Crippen LogP contribution is -1.87. The van der Waals surface area contributed by atoms with Gasteiger partial charge in [0, 0.05) is 0 Å². The standard InChI is InChI=1S/C18H18/c1-13-7-9-15(10-8-13)11-17-12-16-5-3-4-6-18(16)14(17)2/h5-11H,2-4,12H2,1H3/b17-11+. The first-order chi connectivity index (χ1) is 8.74. The van der Waals surface area contributed by atoms with Gasteiger partial charge in [-0.15, -0.1) is 0 Å². The Bertz CT molecular complexity index is 577. The van der Waals surface area contributed by atoms with Gasteiger partial charge in [-0.25, -0.2) is 0 Å². The van der Waals surface area contributed by atoms with Gasteiger partial charge in [0.2, 0.25) is 0 Å². The second kappa shape index (κ2) is 4.45. The summed E-state index contributed by atoms with van der Waals surface area (Å²) >= 11 is 0. The van der Waals surface area contributed by atoms with E-state index in [1.54, 1.807) is 0 Å². The second-order valence-electron chi connectivity index (χ2n) is 5.16. The summed E-state index contributed by atoms with van der Waals surface area (Å²) in [5.41, 5.74) is 8.04. The monoisotopic (exact) mass is 234 g/mol. The average Bonchev–Trinajstić information content (AvgIpc) is 2.70. The third-order valence-corrected chi connectivity index (χ3v) is 3.76. The van der Waals surface area contributed by atoms with Crippen LogP contribution in [0.4, 0.5) is 0 Å². The Hall–Kier alpha value is -1.82. The van der Waals surface area contributed by atoms with Crippen LogP contribution in [0, 0.1) is 6.92 Å². The van der Waals surface area contributed by atoms with Crippen molar-refractivity contribution in [3.05, 3.63) is 76.4 Å². The van der Waals surface area contributed by atoms with Crippen molar-refractivity contribution < 1.29 is 0 Å². The molecule has 0 unspecified atom stereocenters. The largest absolute Gasteiger partial charge is 0.0909 e. The summed E-state index contributed by atoms with van der Waals surface area (Å²) in [4.78, 5) is 0. The lowest BCUT2D eigenvalue weighted by atomic mass is 9.99. The number of benzene rings is 1. The first-order valence-corrected chi connectivity index (χ1v) is 6.60. The Kier molecular flexibility index (Phi) is 2.79. The van der Waals surface area contributed by atoms with Crippen molar-refractivity contribution in [2.75, 3.05) is 0 Å². The number of fused-ring (bicyclic) bond motifs is 1. The molecule has 1 aromatic rings. The van der Waals surface area contributed by atoms with Crippen LogP contribution in [0.2, 0.25) is 0 Å². The van der Waals surface area contributed by atoms with Crippen molar-refractivity contribution in [1.82, 2.24) is 0 Å². The number of rotatable bonds is 1. The van der Waals surface area contributed by atoms with E-state index in [-0.39, 0.29) is 0 Å². The molecule has 3 rings (SSSR count). The van der Waals surface area contributed by atoms with Gasteiger partial charge in [-0.2, -0.15) is 0 Å². The van der Waals surface area contributed by atoms with Gasteiger partial charge in [-0.3, -0.25) is 0 Å². The number of hydrogen-bond donors (Lipinski definition) is 0. The van der Waals surface area contributed by atoms with Crippen molar-refractivity contribution in [3.63, 3.8) is 0 Å². The van der Waals surface area contributed by atoms with E-state index in [9.17, 15) is 0 Å². The molecule has 0 spiro atoms. The third-order valence-electron chi connectivity index (χ3n) is 3.76. The molecule has 2 aliphatic carbocycles. The zero-order valence-corrected chi connectivity index (χ0v) is 10.9. The predicted molar refractivity (Wildman–Crippen MR) is 78.3 cm³/mol. The molecule has 90 valence electrons. The SMILES string of the molecule is C=C1C2=CCCC=C2C/C1=C\c1ccc(C)cc1. The van der Waals surface area contributed by atoms with Gasteiger partial charge in [0.1, 0.15) is 0 Å². The van der Waals surface area contributed by atoms with E-state index in [1.165, 1.54) is 39.8 Å². The molecule has 0 nitrogen and oxygen atoms in total. The normalized spacial score (nSPS) is 20.7. The Balaban J connectivity index is 1.94. The van der Waals surface area contributed by atoms with Gasteiger partial charge in [0.15, 0.2) is 0 Å². The van der Waals surface area contributed by atoms with Gasteiger partial charge in [0.25, 0.3) is 0 Å². The Morgan fingerprint density at radius 3 is 2.50 bits per heavy atom. The van der Waals surface area contributed by atoms with E-state index >= 15 is 0 Å². The van der Waals surface area contributed by atoms with Crippen LogP contribution in [0.5, 0.6) is 0 Å². The number of hydrogen-bond acceptors (Lipinski definition) is 0. The smallest absolute Gasteiger partial charge is 0.00167 e. The highest BCUT2D eigenvalue weighted by Crippen LogP contribution is 2.42. The van der Waals surface area contributed by atoms with Crippen molar-refractivity contribution >= 4 is 6.08 Å². The third kappa shape index (κ3) is 1.99. The van der Waals surface area contributed by atoms with Crippen molar-refractivity contribution in [2.45, 2.75) is 26.2 Å². The summed E-state index contributed by atoms with van der Waals surface area (Å²) in [6.45, 7) is 6.38. The molecule has 1 saturated carbocycles. The second-order valence-corrected chi connectivity index (χ2v) is 5.16. The van der Waals surface area contributed by atoms with E-state index in [2.05, 4.69) is 56.0 Å². The molecule has 18 heavy (non-hydrogen) atoms. The Labute approximate surface area is 109 Å².